The van der Waals surface area contributed by atoms with Crippen LogP contribution in [0.1, 0.15) is 108 Å². The summed E-state index contributed by atoms with van der Waals surface area (Å²) >= 11 is 0. The monoisotopic (exact) mass is 524 g/mol. The first-order chi connectivity index (χ1) is 18.4. The number of carbonyl (C=O) groups is 1. The second-order valence-electron chi connectivity index (χ2n) is 11.5. The Morgan fingerprint density at radius 3 is 1.95 bits per heavy atom. The van der Waals surface area contributed by atoms with Crippen LogP contribution in [-0.2, 0) is 22.5 Å². The number of esters is 1. The van der Waals surface area contributed by atoms with Crippen LogP contribution >= 0.6 is 0 Å². The lowest BCUT2D eigenvalue weighted by molar-refractivity contribution is -0.903. The lowest BCUT2D eigenvalue weighted by Crippen LogP contribution is -2.40. The molecule has 38 heavy (non-hydrogen) atoms. The van der Waals surface area contributed by atoms with E-state index in [1.165, 1.54) is 88.2 Å². The minimum Gasteiger partial charge on any atom is -0.455 e. The first kappa shape index (κ1) is 31.9. The van der Waals surface area contributed by atoms with Gasteiger partial charge in [-0.15, -0.1) is 0 Å². The van der Waals surface area contributed by atoms with Crippen LogP contribution in [0.25, 0.3) is 0 Å². The molecule has 0 aliphatic heterocycles. The van der Waals surface area contributed by atoms with Gasteiger partial charge >= 0.3 is 5.97 Å². The number of benzene rings is 2. The maximum Gasteiger partial charge on any atom is 0.314 e. The second kappa shape index (κ2) is 18.8. The lowest BCUT2D eigenvalue weighted by atomic mass is 10.0. The number of aryl methyl sites for hydroxylation is 1. The molecule has 0 saturated heterocycles. The minimum absolute atomic E-state index is 0.213. The molecule has 0 aliphatic carbocycles. The molecule has 0 heterocycles. The van der Waals surface area contributed by atoms with Gasteiger partial charge in [-0.05, 0) is 24.5 Å². The number of quaternary nitrogens is 1. The Kier molecular flexibility index (Phi) is 15.8. The number of carbonyl (C=O) groups excluding carboxylic acids is 1. The Labute approximate surface area is 233 Å². The molecule has 4 heteroatoms. The Morgan fingerprint density at radius 1 is 0.763 bits per heavy atom. The number of ether oxygens (including phenoxy) is 2. The number of hydrogen-bond donors (Lipinski definition) is 0. The van der Waals surface area contributed by atoms with Crippen molar-refractivity contribution in [1.29, 1.82) is 0 Å². The third kappa shape index (κ3) is 14.6. The van der Waals surface area contributed by atoms with Gasteiger partial charge in [0, 0.05) is 12.5 Å². The maximum atomic E-state index is 12.5. The number of rotatable bonds is 21. The van der Waals surface area contributed by atoms with Gasteiger partial charge in [0.1, 0.15) is 12.3 Å². The van der Waals surface area contributed by atoms with Crippen molar-refractivity contribution >= 4 is 5.97 Å². The molecule has 1 unspecified atom stereocenters. The van der Waals surface area contributed by atoms with E-state index in [-0.39, 0.29) is 5.97 Å². The molecular formula is C34H54NO3+. The van der Waals surface area contributed by atoms with Gasteiger partial charge in [-0.1, -0.05) is 126 Å². The SMILES string of the molecule is CCCCCCCCCCCCCCc1ccccc1OC(C)OC(=O)CC[N+](C)(C)Cc1ccccc1. The largest absolute Gasteiger partial charge is 0.455 e. The maximum absolute atomic E-state index is 12.5. The molecule has 0 spiro atoms. The van der Waals surface area contributed by atoms with E-state index in [9.17, 15) is 4.79 Å². The van der Waals surface area contributed by atoms with Crippen molar-refractivity contribution in [1.82, 2.24) is 0 Å². The van der Waals surface area contributed by atoms with E-state index >= 15 is 0 Å². The van der Waals surface area contributed by atoms with E-state index in [1.807, 2.05) is 25.1 Å². The predicted octanol–water partition coefficient (Wildman–Crippen LogP) is 8.86. The summed E-state index contributed by atoms with van der Waals surface area (Å²) in [5.74, 6) is 0.617. The zero-order chi connectivity index (χ0) is 27.5. The summed E-state index contributed by atoms with van der Waals surface area (Å²) in [5, 5.41) is 0. The average molecular weight is 525 g/mol. The molecular weight excluding hydrogens is 470 g/mol. The van der Waals surface area contributed by atoms with E-state index in [2.05, 4.69) is 57.4 Å². The molecule has 0 aromatic heterocycles. The lowest BCUT2D eigenvalue weighted by Gasteiger charge is -2.29. The van der Waals surface area contributed by atoms with Crippen molar-refractivity contribution in [3.63, 3.8) is 0 Å². The Hall–Kier alpha value is -2.33. The Bertz CT molecular complexity index is 880. The molecule has 0 aliphatic rings. The van der Waals surface area contributed by atoms with E-state index in [0.29, 0.717) is 6.42 Å². The summed E-state index contributed by atoms with van der Waals surface area (Å²) in [6.45, 7) is 5.69. The van der Waals surface area contributed by atoms with Gasteiger partial charge in [-0.25, -0.2) is 0 Å². The highest BCUT2D eigenvalue weighted by molar-refractivity contribution is 5.69. The highest BCUT2D eigenvalue weighted by Gasteiger charge is 2.20. The van der Waals surface area contributed by atoms with Crippen molar-refractivity contribution in [2.24, 2.45) is 0 Å². The fourth-order valence-corrected chi connectivity index (χ4v) is 4.98. The van der Waals surface area contributed by atoms with Gasteiger partial charge in [0.2, 0.25) is 6.29 Å². The molecule has 4 nitrogen and oxygen atoms in total. The third-order valence-corrected chi connectivity index (χ3v) is 7.24. The number of hydrogen-bond acceptors (Lipinski definition) is 3. The molecule has 0 radical (unpaired) electrons. The summed E-state index contributed by atoms with van der Waals surface area (Å²) in [6, 6.07) is 18.6. The Balaban J connectivity index is 1.62. The molecule has 0 bridgehead atoms. The zero-order valence-corrected chi connectivity index (χ0v) is 24.8. The Morgan fingerprint density at radius 2 is 1.32 bits per heavy atom. The van der Waals surface area contributed by atoms with Gasteiger partial charge in [-0.3, -0.25) is 4.79 Å². The highest BCUT2D eigenvalue weighted by Crippen LogP contribution is 2.23. The van der Waals surface area contributed by atoms with Crippen LogP contribution < -0.4 is 4.74 Å². The number of unbranched alkanes of at least 4 members (excludes halogenated alkanes) is 11. The second-order valence-corrected chi connectivity index (χ2v) is 11.5. The van der Waals surface area contributed by atoms with Crippen molar-refractivity contribution in [2.75, 3.05) is 20.6 Å². The van der Waals surface area contributed by atoms with Gasteiger partial charge in [0.05, 0.1) is 27.1 Å². The smallest absolute Gasteiger partial charge is 0.314 e. The molecule has 2 aromatic rings. The molecule has 1 atom stereocenters. The molecule has 0 amide bonds. The van der Waals surface area contributed by atoms with Crippen LogP contribution in [0, 0.1) is 0 Å². The van der Waals surface area contributed by atoms with Gasteiger partial charge in [0.25, 0.3) is 0 Å². The van der Waals surface area contributed by atoms with E-state index < -0.39 is 6.29 Å². The molecule has 0 N–H and O–H groups in total. The molecule has 0 fully saturated rings. The molecule has 0 saturated carbocycles. The third-order valence-electron chi connectivity index (χ3n) is 7.24. The highest BCUT2D eigenvalue weighted by atomic mass is 16.7. The van der Waals surface area contributed by atoms with Gasteiger partial charge in [-0.2, -0.15) is 0 Å². The fraction of sp³-hybridized carbons (Fsp3) is 0.618. The first-order valence-electron chi connectivity index (χ1n) is 15.2. The number of para-hydroxylation sites is 1. The van der Waals surface area contributed by atoms with Crippen LogP contribution in [0.5, 0.6) is 5.75 Å². The van der Waals surface area contributed by atoms with Crippen molar-refractivity contribution in [3.8, 4) is 5.75 Å². The quantitative estimate of drug-likeness (QED) is 0.0708. The standard InChI is InChI=1S/C34H54NO3/c1-5-6-7-8-9-10-11-12-13-14-15-19-24-32-25-20-21-26-33(32)37-30(2)38-34(36)27-28-35(3,4)29-31-22-17-16-18-23-31/h16-18,20-23,25-26,30H,5-15,19,24,27-29H2,1-4H3/q+1. The topological polar surface area (TPSA) is 35.5 Å². The van der Waals surface area contributed by atoms with Crippen LogP contribution in [0.3, 0.4) is 0 Å². The van der Waals surface area contributed by atoms with Crippen LogP contribution in [0.4, 0.5) is 0 Å². The van der Waals surface area contributed by atoms with E-state index in [4.69, 9.17) is 9.47 Å². The van der Waals surface area contributed by atoms with Gasteiger partial charge < -0.3 is 14.0 Å². The zero-order valence-electron chi connectivity index (χ0n) is 24.8. The summed E-state index contributed by atoms with van der Waals surface area (Å²) in [6.07, 6.45) is 17.0. The summed E-state index contributed by atoms with van der Waals surface area (Å²) < 4.78 is 12.4. The first-order valence-corrected chi connectivity index (χ1v) is 15.2. The van der Waals surface area contributed by atoms with Crippen molar-refractivity contribution < 1.29 is 18.8 Å². The summed E-state index contributed by atoms with van der Waals surface area (Å²) in [4.78, 5) is 12.5. The van der Waals surface area contributed by atoms with Gasteiger partial charge in [0.15, 0.2) is 0 Å². The molecule has 2 rings (SSSR count). The van der Waals surface area contributed by atoms with E-state index in [0.717, 1.165) is 29.7 Å². The van der Waals surface area contributed by atoms with Crippen LogP contribution in [0.2, 0.25) is 0 Å². The summed E-state index contributed by atoms with van der Waals surface area (Å²) in [5.41, 5.74) is 2.47. The average Bonchev–Trinajstić information content (AvgIpc) is 2.89. The fourth-order valence-electron chi connectivity index (χ4n) is 4.98. The van der Waals surface area contributed by atoms with Crippen LogP contribution in [0.15, 0.2) is 54.6 Å². The number of nitrogens with zero attached hydrogens (tertiary/aromatic N) is 1. The normalized spacial score (nSPS) is 12.3. The van der Waals surface area contributed by atoms with E-state index in [1.54, 1.807) is 0 Å². The minimum atomic E-state index is -0.602. The molecule has 2 aromatic carbocycles. The molecule has 212 valence electrons. The van der Waals surface area contributed by atoms with Crippen LogP contribution in [-0.4, -0.2) is 37.4 Å². The van der Waals surface area contributed by atoms with Crippen molar-refractivity contribution in [3.05, 3.63) is 65.7 Å². The summed E-state index contributed by atoms with van der Waals surface area (Å²) in [7, 11) is 4.29. The van der Waals surface area contributed by atoms with Crippen molar-refractivity contribution in [2.45, 2.75) is 117 Å². The predicted molar refractivity (Wildman–Crippen MR) is 159 cm³/mol.